The molecule has 0 atom stereocenters. The second kappa shape index (κ2) is 6.94. The molecule has 0 spiro atoms. The van der Waals surface area contributed by atoms with Crippen LogP contribution in [0.5, 0.6) is 5.75 Å². The van der Waals surface area contributed by atoms with Gasteiger partial charge in [0.2, 0.25) is 5.91 Å². The molecular formula is C14H15N3O3S. The normalized spacial score (nSPS) is 10.3. The summed E-state index contributed by atoms with van der Waals surface area (Å²) in [4.78, 5) is 30.0. The lowest BCUT2D eigenvalue weighted by molar-refractivity contribution is -0.113. The lowest BCUT2D eigenvalue weighted by Crippen LogP contribution is -2.15. The Hall–Kier alpha value is -2.28. The molecule has 1 amide bonds. The second-order valence-electron chi connectivity index (χ2n) is 4.25. The number of H-pyrrole nitrogens is 1. The number of aromatic hydroxyl groups is 1. The number of para-hydroxylation sites is 2. The third-order valence-corrected chi connectivity index (χ3v) is 3.53. The molecule has 0 fully saturated rings. The SMILES string of the molecule is CCc1cc(=O)[nH]c(SCC(=O)Nc2ccccc2O)n1. The number of phenolic OH excluding ortho intramolecular Hbond substituents is 1. The first kappa shape index (κ1) is 15.1. The molecule has 2 aromatic rings. The van der Waals surface area contributed by atoms with Crippen LogP contribution in [0.4, 0.5) is 5.69 Å². The Morgan fingerprint density at radius 2 is 2.19 bits per heavy atom. The molecule has 21 heavy (non-hydrogen) atoms. The number of nitrogens with one attached hydrogen (secondary N) is 2. The summed E-state index contributed by atoms with van der Waals surface area (Å²) in [6.07, 6.45) is 0.654. The van der Waals surface area contributed by atoms with E-state index in [0.29, 0.717) is 23.0 Å². The number of hydrogen-bond acceptors (Lipinski definition) is 5. The van der Waals surface area contributed by atoms with Crippen molar-refractivity contribution in [2.45, 2.75) is 18.5 Å². The van der Waals surface area contributed by atoms with Gasteiger partial charge in [-0.25, -0.2) is 4.98 Å². The van der Waals surface area contributed by atoms with Gasteiger partial charge in [-0.15, -0.1) is 0 Å². The van der Waals surface area contributed by atoms with Crippen molar-refractivity contribution in [3.05, 3.63) is 46.4 Å². The van der Waals surface area contributed by atoms with Crippen molar-refractivity contribution < 1.29 is 9.90 Å². The first-order chi connectivity index (χ1) is 10.1. The minimum atomic E-state index is -0.286. The molecule has 6 nitrogen and oxygen atoms in total. The van der Waals surface area contributed by atoms with Crippen LogP contribution in [0.2, 0.25) is 0 Å². The standard InChI is InChI=1S/C14H15N3O3S/c1-2-9-7-12(19)17-14(15-9)21-8-13(20)16-10-5-3-4-6-11(10)18/h3-7,18H,2,8H2,1H3,(H,16,20)(H,15,17,19). The van der Waals surface area contributed by atoms with Gasteiger partial charge in [-0.1, -0.05) is 30.8 Å². The average molecular weight is 305 g/mol. The number of carbonyl (C=O) groups excluding carboxylic acids is 1. The van der Waals surface area contributed by atoms with Gasteiger partial charge in [-0.05, 0) is 18.6 Å². The number of carbonyl (C=O) groups is 1. The summed E-state index contributed by atoms with van der Waals surface area (Å²) in [7, 11) is 0. The minimum Gasteiger partial charge on any atom is -0.506 e. The van der Waals surface area contributed by atoms with E-state index < -0.39 is 0 Å². The van der Waals surface area contributed by atoms with Crippen LogP contribution in [0.1, 0.15) is 12.6 Å². The number of aromatic nitrogens is 2. The summed E-state index contributed by atoms with van der Waals surface area (Å²) in [6, 6.07) is 7.92. The predicted molar refractivity (Wildman–Crippen MR) is 81.7 cm³/mol. The number of aromatic amines is 1. The molecule has 0 saturated carbocycles. The first-order valence-electron chi connectivity index (χ1n) is 6.39. The molecule has 1 aromatic carbocycles. The number of thioether (sulfide) groups is 1. The molecule has 110 valence electrons. The predicted octanol–water partition coefficient (Wildman–Crippen LogP) is 1.77. The van der Waals surface area contributed by atoms with Gasteiger partial charge in [0.15, 0.2) is 5.16 Å². The molecule has 0 aliphatic rings. The Morgan fingerprint density at radius 1 is 1.43 bits per heavy atom. The van der Waals surface area contributed by atoms with Crippen molar-refractivity contribution in [2.24, 2.45) is 0 Å². The fourth-order valence-corrected chi connectivity index (χ4v) is 2.33. The van der Waals surface area contributed by atoms with Gasteiger partial charge in [-0.3, -0.25) is 9.59 Å². The van der Waals surface area contributed by atoms with Crippen molar-refractivity contribution in [3.8, 4) is 5.75 Å². The zero-order valence-electron chi connectivity index (χ0n) is 11.4. The molecule has 0 aliphatic carbocycles. The van der Waals surface area contributed by atoms with E-state index in [1.165, 1.54) is 12.1 Å². The Bertz CT molecular complexity index is 700. The molecule has 2 rings (SSSR count). The van der Waals surface area contributed by atoms with Crippen LogP contribution in [0.15, 0.2) is 40.3 Å². The highest BCUT2D eigenvalue weighted by Crippen LogP contribution is 2.22. The number of aryl methyl sites for hydroxylation is 1. The Morgan fingerprint density at radius 3 is 2.90 bits per heavy atom. The van der Waals surface area contributed by atoms with Gasteiger partial charge in [-0.2, -0.15) is 0 Å². The monoisotopic (exact) mass is 305 g/mol. The third-order valence-electron chi connectivity index (χ3n) is 2.65. The van der Waals surface area contributed by atoms with Crippen molar-refractivity contribution in [3.63, 3.8) is 0 Å². The lowest BCUT2D eigenvalue weighted by Gasteiger charge is -2.06. The average Bonchev–Trinajstić information content (AvgIpc) is 2.47. The second-order valence-corrected chi connectivity index (χ2v) is 5.21. The van der Waals surface area contributed by atoms with Crippen LogP contribution in [0, 0.1) is 0 Å². The summed E-state index contributed by atoms with van der Waals surface area (Å²) < 4.78 is 0. The van der Waals surface area contributed by atoms with Gasteiger partial charge in [0.1, 0.15) is 5.75 Å². The number of amides is 1. The van der Waals surface area contributed by atoms with Crippen LogP contribution in [-0.2, 0) is 11.2 Å². The molecule has 0 bridgehead atoms. The van der Waals surface area contributed by atoms with Crippen LogP contribution in [-0.4, -0.2) is 26.7 Å². The number of hydrogen-bond donors (Lipinski definition) is 3. The number of phenols is 1. The van der Waals surface area contributed by atoms with E-state index in [0.717, 1.165) is 11.8 Å². The molecule has 7 heteroatoms. The van der Waals surface area contributed by atoms with Gasteiger partial charge in [0, 0.05) is 11.8 Å². The van der Waals surface area contributed by atoms with Crippen molar-refractivity contribution >= 4 is 23.4 Å². The summed E-state index contributed by atoms with van der Waals surface area (Å²) in [6.45, 7) is 1.90. The maximum atomic E-state index is 11.8. The van der Waals surface area contributed by atoms with E-state index in [-0.39, 0.29) is 23.0 Å². The summed E-state index contributed by atoms with van der Waals surface area (Å²) in [5.41, 5.74) is 0.805. The van der Waals surface area contributed by atoms with Crippen LogP contribution in [0.25, 0.3) is 0 Å². The number of benzene rings is 1. The highest BCUT2D eigenvalue weighted by atomic mass is 32.2. The Labute approximate surface area is 125 Å². The third kappa shape index (κ3) is 4.35. The van der Waals surface area contributed by atoms with E-state index in [9.17, 15) is 14.7 Å². The first-order valence-corrected chi connectivity index (χ1v) is 7.38. The summed E-state index contributed by atoms with van der Waals surface area (Å²) in [5.74, 6) is -0.189. The van der Waals surface area contributed by atoms with Gasteiger partial charge < -0.3 is 15.4 Å². The smallest absolute Gasteiger partial charge is 0.251 e. The zero-order chi connectivity index (χ0) is 15.2. The summed E-state index contributed by atoms with van der Waals surface area (Å²) >= 11 is 1.14. The Kier molecular flexibility index (Phi) is 4.99. The highest BCUT2D eigenvalue weighted by molar-refractivity contribution is 7.99. The number of rotatable bonds is 5. The fraction of sp³-hybridized carbons (Fsp3) is 0.214. The van der Waals surface area contributed by atoms with Crippen LogP contribution < -0.4 is 10.9 Å². The van der Waals surface area contributed by atoms with Crippen molar-refractivity contribution in [2.75, 3.05) is 11.1 Å². The van der Waals surface area contributed by atoms with E-state index >= 15 is 0 Å². The van der Waals surface area contributed by atoms with E-state index in [1.807, 2.05) is 6.92 Å². The zero-order valence-corrected chi connectivity index (χ0v) is 12.2. The van der Waals surface area contributed by atoms with Gasteiger partial charge in [0.05, 0.1) is 11.4 Å². The fourth-order valence-electron chi connectivity index (χ4n) is 1.63. The molecular weight excluding hydrogens is 290 g/mol. The van der Waals surface area contributed by atoms with E-state index in [1.54, 1.807) is 18.2 Å². The lowest BCUT2D eigenvalue weighted by atomic mass is 10.3. The Balaban J connectivity index is 1.97. The van der Waals surface area contributed by atoms with Gasteiger partial charge >= 0.3 is 0 Å². The maximum Gasteiger partial charge on any atom is 0.251 e. The highest BCUT2D eigenvalue weighted by Gasteiger charge is 2.08. The van der Waals surface area contributed by atoms with Crippen molar-refractivity contribution in [1.29, 1.82) is 0 Å². The van der Waals surface area contributed by atoms with Crippen LogP contribution in [0.3, 0.4) is 0 Å². The van der Waals surface area contributed by atoms with E-state index in [4.69, 9.17) is 0 Å². The molecule has 0 saturated heterocycles. The number of anilines is 1. The van der Waals surface area contributed by atoms with Gasteiger partial charge in [0.25, 0.3) is 5.56 Å². The molecule has 0 aliphatic heterocycles. The quantitative estimate of drug-likeness (QED) is 0.444. The number of nitrogens with zero attached hydrogens (tertiary/aromatic N) is 1. The van der Waals surface area contributed by atoms with Crippen LogP contribution >= 0.6 is 11.8 Å². The minimum absolute atomic E-state index is 0.00959. The maximum absolute atomic E-state index is 11.8. The van der Waals surface area contributed by atoms with Crippen molar-refractivity contribution in [1.82, 2.24) is 9.97 Å². The molecule has 3 N–H and O–H groups in total. The topological polar surface area (TPSA) is 95.1 Å². The molecule has 1 aromatic heterocycles. The summed E-state index contributed by atoms with van der Waals surface area (Å²) in [5, 5.41) is 12.6. The molecule has 0 radical (unpaired) electrons. The molecule has 1 heterocycles. The largest absolute Gasteiger partial charge is 0.506 e. The van der Waals surface area contributed by atoms with E-state index in [2.05, 4.69) is 15.3 Å². The molecule has 0 unspecified atom stereocenters.